The number of nitrogens with zero attached hydrogens (tertiary/aromatic N) is 2. The van der Waals surface area contributed by atoms with Crippen molar-refractivity contribution in [2.75, 3.05) is 13.1 Å². The van der Waals surface area contributed by atoms with Crippen LogP contribution >= 0.6 is 0 Å². The fraction of sp³-hybridized carbons (Fsp3) is 0.400. The van der Waals surface area contributed by atoms with Crippen molar-refractivity contribution >= 4 is 29.5 Å². The zero-order chi connectivity index (χ0) is 34.6. The lowest BCUT2D eigenvalue weighted by Gasteiger charge is -2.25. The monoisotopic (exact) mass is 657 g/mol. The van der Waals surface area contributed by atoms with E-state index in [9.17, 15) is 28.8 Å². The van der Waals surface area contributed by atoms with E-state index in [-0.39, 0.29) is 30.5 Å². The van der Waals surface area contributed by atoms with E-state index in [4.69, 9.17) is 0 Å². The average molecular weight is 658 g/mol. The Morgan fingerprint density at radius 2 is 1.58 bits per heavy atom. The third-order valence-corrected chi connectivity index (χ3v) is 7.92. The standard InChI is InChI=1S/C35H43N7O6/c1-22(2)17-27-33(46)39-23(3)31(44)36-15-7-8-16-42(35(48)29-19-38-30(43)20-37-29)21-25-11-13-26(14-12-25)32(45)40-28(34(47)41-27)18-24-9-5-4-6-10-24/h4-6,9-14,19-20,22-23,27-28H,7-8,15-18,21H2,1-3H3,(H,36,44)(H,38,43)(H,39,46)(H,40,45)(H,41,47)/t23-,27+,28-/m1/s1. The van der Waals surface area contributed by atoms with Crippen molar-refractivity contribution in [2.45, 2.75) is 71.1 Å². The van der Waals surface area contributed by atoms with Crippen molar-refractivity contribution in [3.05, 3.63) is 99.7 Å². The summed E-state index contributed by atoms with van der Waals surface area (Å²) in [5.41, 5.74) is 1.52. The van der Waals surface area contributed by atoms with Gasteiger partial charge in [0, 0.05) is 37.8 Å². The van der Waals surface area contributed by atoms with E-state index < -0.39 is 47.3 Å². The number of fused-ring (bicyclic) bond motifs is 18. The minimum atomic E-state index is -1.00. The van der Waals surface area contributed by atoms with Crippen LogP contribution in [0.4, 0.5) is 0 Å². The molecule has 0 saturated heterocycles. The van der Waals surface area contributed by atoms with Crippen LogP contribution in [0, 0.1) is 5.92 Å². The van der Waals surface area contributed by atoms with Gasteiger partial charge in [-0.3, -0.25) is 28.8 Å². The van der Waals surface area contributed by atoms with Gasteiger partial charge in [-0.1, -0.05) is 56.3 Å². The molecule has 0 fully saturated rings. The fourth-order valence-corrected chi connectivity index (χ4v) is 5.30. The van der Waals surface area contributed by atoms with E-state index in [1.54, 1.807) is 36.1 Å². The highest BCUT2D eigenvalue weighted by molar-refractivity contribution is 5.99. The Morgan fingerprint density at radius 1 is 0.875 bits per heavy atom. The number of nitrogens with one attached hydrogen (secondary N) is 5. The molecule has 1 aromatic heterocycles. The first-order valence-corrected chi connectivity index (χ1v) is 16.2. The largest absolute Gasteiger partial charge is 0.354 e. The number of amides is 5. The van der Waals surface area contributed by atoms with E-state index in [0.717, 1.165) is 17.3 Å². The van der Waals surface area contributed by atoms with Gasteiger partial charge in [0.1, 0.15) is 23.8 Å². The third-order valence-electron chi connectivity index (χ3n) is 7.92. The van der Waals surface area contributed by atoms with Crippen molar-refractivity contribution in [3.8, 4) is 0 Å². The van der Waals surface area contributed by atoms with Crippen LogP contribution in [0.5, 0.6) is 0 Å². The lowest BCUT2D eigenvalue weighted by Crippen LogP contribution is -2.57. The molecule has 0 unspecified atom stereocenters. The zero-order valence-corrected chi connectivity index (χ0v) is 27.5. The summed E-state index contributed by atoms with van der Waals surface area (Å²) in [6.45, 7) is 6.26. The van der Waals surface area contributed by atoms with Crippen molar-refractivity contribution in [1.29, 1.82) is 0 Å². The van der Waals surface area contributed by atoms with Crippen molar-refractivity contribution in [3.63, 3.8) is 0 Å². The Hall–Kier alpha value is -5.33. The number of aromatic nitrogens is 2. The molecule has 254 valence electrons. The SMILES string of the molecule is CC(C)C[C@@H]1NC(=O)[C@@H](Cc2ccccc2)NC(=O)c2ccc(cc2)CN(C(=O)c2c[nH]c(=O)cn2)CCCCNC(=O)[C@@H](C)NC1=O. The number of carbonyl (C=O) groups excluding carboxylic acids is 5. The van der Waals surface area contributed by atoms with Crippen molar-refractivity contribution in [1.82, 2.24) is 36.1 Å². The zero-order valence-electron chi connectivity index (χ0n) is 27.5. The summed E-state index contributed by atoms with van der Waals surface area (Å²) in [6, 6.07) is 13.1. The Kier molecular flexibility index (Phi) is 12.6. The molecule has 2 aliphatic heterocycles. The Balaban J connectivity index is 1.62. The lowest BCUT2D eigenvalue weighted by atomic mass is 10.0. The molecule has 3 heterocycles. The minimum Gasteiger partial charge on any atom is -0.354 e. The quantitative estimate of drug-likeness (QED) is 0.259. The predicted octanol–water partition coefficient (Wildman–Crippen LogP) is 1.70. The summed E-state index contributed by atoms with van der Waals surface area (Å²) >= 11 is 0. The van der Waals surface area contributed by atoms with Gasteiger partial charge in [0.25, 0.3) is 17.4 Å². The van der Waals surface area contributed by atoms with Crippen LogP contribution in [-0.2, 0) is 27.3 Å². The number of hydrogen-bond acceptors (Lipinski definition) is 7. The van der Waals surface area contributed by atoms with E-state index in [1.807, 2.05) is 44.2 Å². The highest BCUT2D eigenvalue weighted by Crippen LogP contribution is 2.13. The summed E-state index contributed by atoms with van der Waals surface area (Å²) in [4.78, 5) is 86.3. The predicted molar refractivity (Wildman–Crippen MR) is 179 cm³/mol. The summed E-state index contributed by atoms with van der Waals surface area (Å²) in [5.74, 6) is -2.25. The van der Waals surface area contributed by atoms with Crippen LogP contribution in [0.1, 0.15) is 72.0 Å². The second kappa shape index (κ2) is 17.0. The van der Waals surface area contributed by atoms with Gasteiger partial charge in [0.2, 0.25) is 17.7 Å². The van der Waals surface area contributed by atoms with Crippen LogP contribution in [0.3, 0.4) is 0 Å². The van der Waals surface area contributed by atoms with Crippen molar-refractivity contribution in [2.24, 2.45) is 5.92 Å². The summed E-state index contributed by atoms with van der Waals surface area (Å²) in [5, 5.41) is 11.2. The smallest absolute Gasteiger partial charge is 0.274 e. The summed E-state index contributed by atoms with van der Waals surface area (Å²) in [7, 11) is 0. The molecule has 3 aromatic rings. The maximum atomic E-state index is 13.7. The Bertz CT molecular complexity index is 1620. The second-order valence-electron chi connectivity index (χ2n) is 12.4. The molecule has 0 aliphatic carbocycles. The topological polar surface area (TPSA) is 182 Å². The van der Waals surface area contributed by atoms with Gasteiger partial charge in [-0.2, -0.15) is 0 Å². The molecule has 2 aliphatic rings. The van der Waals surface area contributed by atoms with Crippen molar-refractivity contribution < 1.29 is 24.0 Å². The molecule has 3 atom stereocenters. The van der Waals surface area contributed by atoms with Crippen LogP contribution in [-0.4, -0.2) is 75.6 Å². The van der Waals surface area contributed by atoms with E-state index in [1.165, 1.54) is 6.20 Å². The molecule has 0 saturated carbocycles. The number of hydrogen-bond donors (Lipinski definition) is 5. The molecule has 2 aromatic carbocycles. The highest BCUT2D eigenvalue weighted by atomic mass is 16.2. The van der Waals surface area contributed by atoms with Gasteiger partial charge < -0.3 is 31.2 Å². The van der Waals surface area contributed by atoms with Crippen LogP contribution in [0.15, 0.2) is 71.8 Å². The highest BCUT2D eigenvalue weighted by Gasteiger charge is 2.29. The van der Waals surface area contributed by atoms with E-state index >= 15 is 0 Å². The summed E-state index contributed by atoms with van der Waals surface area (Å²) in [6.07, 6.45) is 3.90. The second-order valence-corrected chi connectivity index (χ2v) is 12.4. The maximum Gasteiger partial charge on any atom is 0.274 e. The van der Waals surface area contributed by atoms with Gasteiger partial charge >= 0.3 is 0 Å². The molecular weight excluding hydrogens is 614 g/mol. The molecule has 0 spiro atoms. The Morgan fingerprint density at radius 3 is 2.25 bits per heavy atom. The number of H-pyrrole nitrogens is 1. The first-order chi connectivity index (χ1) is 23.0. The van der Waals surface area contributed by atoms with Gasteiger partial charge in [0.15, 0.2) is 0 Å². The van der Waals surface area contributed by atoms with Crippen LogP contribution in [0.2, 0.25) is 0 Å². The van der Waals surface area contributed by atoms with E-state index in [0.29, 0.717) is 37.9 Å². The van der Waals surface area contributed by atoms with Crippen LogP contribution < -0.4 is 26.8 Å². The molecule has 5 N–H and O–H groups in total. The average Bonchev–Trinajstić information content (AvgIpc) is 3.07. The molecule has 5 amide bonds. The van der Waals surface area contributed by atoms with E-state index in [2.05, 4.69) is 31.2 Å². The first kappa shape index (κ1) is 35.5. The molecular formula is C35H43N7O6. The lowest BCUT2D eigenvalue weighted by molar-refractivity contribution is -0.132. The van der Waals surface area contributed by atoms with Crippen LogP contribution in [0.25, 0.3) is 0 Å². The molecule has 5 rings (SSSR count). The van der Waals surface area contributed by atoms with Gasteiger partial charge in [-0.25, -0.2) is 4.98 Å². The minimum absolute atomic E-state index is 0.0479. The molecule has 48 heavy (non-hydrogen) atoms. The number of aromatic amines is 1. The molecule has 13 heteroatoms. The fourth-order valence-electron chi connectivity index (χ4n) is 5.30. The number of benzene rings is 2. The van der Waals surface area contributed by atoms with Gasteiger partial charge in [-0.15, -0.1) is 0 Å². The normalized spacial score (nSPS) is 20.2. The Labute approximate surface area is 279 Å². The molecule has 2 bridgehead atoms. The van der Waals surface area contributed by atoms with Gasteiger partial charge in [-0.05, 0) is 55.4 Å². The first-order valence-electron chi connectivity index (χ1n) is 16.2. The van der Waals surface area contributed by atoms with Gasteiger partial charge in [0.05, 0.1) is 6.20 Å². The molecule has 0 radical (unpaired) electrons. The summed E-state index contributed by atoms with van der Waals surface area (Å²) < 4.78 is 0. The number of rotatable bonds is 5. The third kappa shape index (κ3) is 10.3. The maximum absolute atomic E-state index is 13.7. The molecule has 13 nitrogen and oxygen atoms in total. The number of carbonyl (C=O) groups is 5.